The highest BCUT2D eigenvalue weighted by atomic mass is 16.1. The molecule has 2 aromatic rings. The maximum atomic E-state index is 12.1. The maximum absolute atomic E-state index is 12.1. The number of pyridine rings is 1. The smallest absolute Gasteiger partial charge is 0.252 e. The number of nitrogens with one attached hydrogen (secondary N) is 2. The first-order valence-electron chi connectivity index (χ1n) is 8.05. The van der Waals surface area contributed by atoms with Crippen molar-refractivity contribution in [3.63, 3.8) is 0 Å². The lowest BCUT2D eigenvalue weighted by Gasteiger charge is -2.28. The van der Waals surface area contributed by atoms with E-state index in [-0.39, 0.29) is 5.56 Å². The molecule has 2 N–H and O–H groups in total. The van der Waals surface area contributed by atoms with Gasteiger partial charge in [0.25, 0.3) is 5.56 Å². The second kappa shape index (κ2) is 6.44. The summed E-state index contributed by atoms with van der Waals surface area (Å²) >= 11 is 0. The Labute approximate surface area is 125 Å². The number of fused-ring (bicyclic) bond motifs is 1. The van der Waals surface area contributed by atoms with Gasteiger partial charge >= 0.3 is 0 Å². The van der Waals surface area contributed by atoms with E-state index < -0.39 is 0 Å². The average molecular weight is 284 g/mol. The molecule has 1 saturated carbocycles. The molecular formula is C18H24N2O. The third-order valence-electron chi connectivity index (χ3n) is 4.84. The third-order valence-corrected chi connectivity index (χ3v) is 4.84. The van der Waals surface area contributed by atoms with E-state index in [0.717, 1.165) is 34.8 Å². The summed E-state index contributed by atoms with van der Waals surface area (Å²) in [7, 11) is 0. The first kappa shape index (κ1) is 14.3. The van der Waals surface area contributed by atoms with Gasteiger partial charge in [-0.3, -0.25) is 4.79 Å². The Kier molecular flexibility index (Phi) is 4.39. The second-order valence-electron chi connectivity index (χ2n) is 6.36. The zero-order valence-electron chi connectivity index (χ0n) is 12.7. The van der Waals surface area contributed by atoms with Crippen LogP contribution in [0, 0.1) is 11.8 Å². The Morgan fingerprint density at radius 1 is 1.24 bits per heavy atom. The van der Waals surface area contributed by atoms with E-state index in [1.807, 2.05) is 30.3 Å². The van der Waals surface area contributed by atoms with Crippen LogP contribution in [0.1, 0.15) is 38.2 Å². The number of para-hydroxylation sites is 1. The maximum Gasteiger partial charge on any atom is 0.252 e. The largest absolute Gasteiger partial charge is 0.322 e. The topological polar surface area (TPSA) is 44.9 Å². The third kappa shape index (κ3) is 3.35. The van der Waals surface area contributed by atoms with Crippen LogP contribution in [-0.4, -0.2) is 11.5 Å². The van der Waals surface area contributed by atoms with Crippen molar-refractivity contribution in [2.75, 3.05) is 6.54 Å². The summed E-state index contributed by atoms with van der Waals surface area (Å²) in [4.78, 5) is 15.0. The highest BCUT2D eigenvalue weighted by Gasteiger charge is 2.20. The van der Waals surface area contributed by atoms with Gasteiger partial charge in [0.05, 0.1) is 0 Å². The van der Waals surface area contributed by atoms with Crippen LogP contribution in [0.3, 0.4) is 0 Å². The van der Waals surface area contributed by atoms with Gasteiger partial charge in [-0.2, -0.15) is 0 Å². The highest BCUT2D eigenvalue weighted by molar-refractivity contribution is 5.78. The first-order chi connectivity index (χ1) is 10.2. The van der Waals surface area contributed by atoms with Crippen LogP contribution in [-0.2, 0) is 6.54 Å². The number of H-pyrrole nitrogens is 1. The summed E-state index contributed by atoms with van der Waals surface area (Å²) in [6, 6.07) is 9.93. The van der Waals surface area contributed by atoms with Gasteiger partial charge in [-0.25, -0.2) is 0 Å². The lowest BCUT2D eigenvalue weighted by atomic mass is 9.80. The van der Waals surface area contributed by atoms with Gasteiger partial charge in [0, 0.05) is 17.6 Å². The first-order valence-corrected chi connectivity index (χ1v) is 8.05. The predicted molar refractivity (Wildman–Crippen MR) is 87.4 cm³/mol. The number of rotatable bonds is 4. The van der Waals surface area contributed by atoms with E-state index >= 15 is 0 Å². The molecule has 0 radical (unpaired) electrons. The molecule has 1 heterocycles. The molecule has 0 bridgehead atoms. The molecule has 1 aromatic carbocycles. The van der Waals surface area contributed by atoms with Crippen LogP contribution >= 0.6 is 0 Å². The van der Waals surface area contributed by atoms with Gasteiger partial charge in [-0.15, -0.1) is 0 Å². The van der Waals surface area contributed by atoms with Gasteiger partial charge < -0.3 is 10.3 Å². The van der Waals surface area contributed by atoms with Crippen molar-refractivity contribution in [2.24, 2.45) is 11.8 Å². The second-order valence-corrected chi connectivity index (χ2v) is 6.36. The van der Waals surface area contributed by atoms with Crippen LogP contribution in [0.2, 0.25) is 0 Å². The van der Waals surface area contributed by atoms with E-state index in [2.05, 4.69) is 17.2 Å². The van der Waals surface area contributed by atoms with Crippen molar-refractivity contribution in [2.45, 2.75) is 39.2 Å². The molecule has 3 heteroatoms. The zero-order chi connectivity index (χ0) is 14.7. The average Bonchev–Trinajstić information content (AvgIpc) is 2.49. The Morgan fingerprint density at radius 3 is 2.90 bits per heavy atom. The molecule has 2 atom stereocenters. The number of aromatic amines is 1. The molecule has 3 nitrogen and oxygen atoms in total. The van der Waals surface area contributed by atoms with Gasteiger partial charge in [0.1, 0.15) is 0 Å². The number of hydrogen-bond donors (Lipinski definition) is 2. The standard InChI is InChI=1S/C18H24N2O/c1-13-6-2-3-8-15(13)11-19-12-16-10-14-7-4-5-9-17(14)20-18(16)21/h4-5,7,9-10,13,15,19H,2-3,6,8,11-12H2,1H3,(H,20,21). The molecule has 0 aliphatic heterocycles. The minimum Gasteiger partial charge on any atom is -0.322 e. The summed E-state index contributed by atoms with van der Waals surface area (Å²) < 4.78 is 0. The van der Waals surface area contributed by atoms with Crippen molar-refractivity contribution in [1.82, 2.24) is 10.3 Å². The molecule has 0 spiro atoms. The van der Waals surface area contributed by atoms with Crippen molar-refractivity contribution in [3.8, 4) is 0 Å². The van der Waals surface area contributed by atoms with Crippen molar-refractivity contribution in [1.29, 1.82) is 0 Å². The van der Waals surface area contributed by atoms with E-state index in [4.69, 9.17) is 0 Å². The molecule has 0 saturated heterocycles. The normalized spacial score (nSPS) is 22.5. The Hall–Kier alpha value is -1.61. The summed E-state index contributed by atoms with van der Waals surface area (Å²) in [6.45, 7) is 4.03. The van der Waals surface area contributed by atoms with E-state index in [1.54, 1.807) is 0 Å². The number of aromatic nitrogens is 1. The van der Waals surface area contributed by atoms with Gasteiger partial charge in [-0.1, -0.05) is 44.4 Å². The molecule has 21 heavy (non-hydrogen) atoms. The molecule has 112 valence electrons. The van der Waals surface area contributed by atoms with E-state index in [0.29, 0.717) is 6.54 Å². The predicted octanol–water partition coefficient (Wildman–Crippen LogP) is 3.44. The van der Waals surface area contributed by atoms with Gasteiger partial charge in [-0.05, 0) is 42.3 Å². The fourth-order valence-electron chi connectivity index (χ4n) is 3.41. The molecule has 1 fully saturated rings. The molecular weight excluding hydrogens is 260 g/mol. The van der Waals surface area contributed by atoms with Crippen LogP contribution < -0.4 is 10.9 Å². The number of hydrogen-bond acceptors (Lipinski definition) is 2. The van der Waals surface area contributed by atoms with Crippen molar-refractivity contribution >= 4 is 10.9 Å². The summed E-state index contributed by atoms with van der Waals surface area (Å²) in [6.07, 6.45) is 5.40. The minimum atomic E-state index is 0.0258. The summed E-state index contributed by atoms with van der Waals surface area (Å²) in [5.41, 5.74) is 1.77. The summed E-state index contributed by atoms with van der Waals surface area (Å²) in [5.74, 6) is 1.57. The zero-order valence-corrected chi connectivity index (χ0v) is 12.7. The Balaban J connectivity index is 1.65. The lowest BCUT2D eigenvalue weighted by Crippen LogP contribution is -2.30. The Morgan fingerprint density at radius 2 is 2.05 bits per heavy atom. The fourth-order valence-corrected chi connectivity index (χ4v) is 3.41. The molecule has 3 rings (SSSR count). The lowest BCUT2D eigenvalue weighted by molar-refractivity contribution is 0.247. The van der Waals surface area contributed by atoms with Crippen LogP contribution in [0.25, 0.3) is 10.9 Å². The van der Waals surface area contributed by atoms with E-state index in [9.17, 15) is 4.79 Å². The monoisotopic (exact) mass is 284 g/mol. The van der Waals surface area contributed by atoms with Crippen LogP contribution in [0.5, 0.6) is 0 Å². The summed E-state index contributed by atoms with van der Waals surface area (Å²) in [5, 5.41) is 4.58. The van der Waals surface area contributed by atoms with Gasteiger partial charge in [0.15, 0.2) is 0 Å². The molecule has 2 unspecified atom stereocenters. The van der Waals surface area contributed by atoms with Gasteiger partial charge in [0.2, 0.25) is 0 Å². The van der Waals surface area contributed by atoms with Crippen molar-refractivity contribution < 1.29 is 0 Å². The molecule has 1 aromatic heterocycles. The fraction of sp³-hybridized carbons (Fsp3) is 0.500. The minimum absolute atomic E-state index is 0.0258. The molecule has 1 aliphatic rings. The Bertz CT molecular complexity index is 662. The number of benzene rings is 1. The van der Waals surface area contributed by atoms with Crippen LogP contribution in [0.15, 0.2) is 35.1 Å². The van der Waals surface area contributed by atoms with E-state index in [1.165, 1.54) is 25.7 Å². The highest BCUT2D eigenvalue weighted by Crippen LogP contribution is 2.28. The molecule has 1 aliphatic carbocycles. The molecule has 0 amide bonds. The quantitative estimate of drug-likeness (QED) is 0.903. The van der Waals surface area contributed by atoms with Crippen LogP contribution in [0.4, 0.5) is 0 Å². The SMILES string of the molecule is CC1CCCCC1CNCc1cc2ccccc2[nH]c1=O. The van der Waals surface area contributed by atoms with Crippen molar-refractivity contribution in [3.05, 3.63) is 46.2 Å².